The first-order valence-corrected chi connectivity index (χ1v) is 18.7. The summed E-state index contributed by atoms with van der Waals surface area (Å²) in [5.41, 5.74) is 9.13. The van der Waals surface area contributed by atoms with Gasteiger partial charge in [-0.1, -0.05) is 127 Å². The molecule has 0 unspecified atom stereocenters. The number of fused-ring (bicyclic) bond motifs is 10. The monoisotopic (exact) mass is 734 g/mol. The standard InChI is InChI=1S/C51H31N5O/c1-4-14-32(15-5-1)49-52-50(33-16-6-2-7-17-33)54-51(53-49)34-24-26-38-41-31-36(25-29-45(41)57-46(38)30-34)56-42-22-12-10-20-37(42)39-27-28-44-47(48(39)56)40-21-11-13-23-43(40)55(44)35-18-8-3-9-19-35/h1-31H/i1D,4D,5D,14D,15D. The van der Waals surface area contributed by atoms with Gasteiger partial charge in [0.2, 0.25) is 0 Å². The van der Waals surface area contributed by atoms with Gasteiger partial charge in [-0.2, -0.15) is 0 Å². The highest BCUT2D eigenvalue weighted by molar-refractivity contribution is 6.26. The van der Waals surface area contributed by atoms with Crippen LogP contribution in [0.3, 0.4) is 0 Å². The van der Waals surface area contributed by atoms with Crippen LogP contribution in [-0.2, 0) is 0 Å². The molecule has 0 saturated heterocycles. The maximum absolute atomic E-state index is 8.67. The topological polar surface area (TPSA) is 61.7 Å². The molecule has 6 nitrogen and oxygen atoms in total. The quantitative estimate of drug-likeness (QED) is 0.177. The van der Waals surface area contributed by atoms with Crippen molar-refractivity contribution in [2.45, 2.75) is 0 Å². The zero-order chi connectivity index (χ0) is 41.8. The summed E-state index contributed by atoms with van der Waals surface area (Å²) in [6, 6.07) is 51.4. The van der Waals surface area contributed by atoms with E-state index in [9.17, 15) is 0 Å². The van der Waals surface area contributed by atoms with E-state index in [0.717, 1.165) is 49.6 Å². The maximum atomic E-state index is 8.67. The van der Waals surface area contributed by atoms with Crippen LogP contribution in [0.15, 0.2) is 192 Å². The van der Waals surface area contributed by atoms with Gasteiger partial charge in [0.25, 0.3) is 0 Å². The summed E-state index contributed by atoms with van der Waals surface area (Å²) in [7, 11) is 0. The molecule has 266 valence electrons. The largest absolute Gasteiger partial charge is 0.456 e. The van der Waals surface area contributed by atoms with Crippen molar-refractivity contribution in [3.8, 4) is 45.5 Å². The Morgan fingerprint density at radius 3 is 1.84 bits per heavy atom. The summed E-state index contributed by atoms with van der Waals surface area (Å²) in [6.45, 7) is 0. The molecule has 0 atom stereocenters. The minimum atomic E-state index is -0.484. The number of furan rings is 1. The molecule has 0 N–H and O–H groups in total. The zero-order valence-electron chi connectivity index (χ0n) is 35.2. The third kappa shape index (κ3) is 4.87. The van der Waals surface area contributed by atoms with Crippen molar-refractivity contribution >= 4 is 65.6 Å². The fourth-order valence-corrected chi connectivity index (χ4v) is 8.37. The predicted octanol–water partition coefficient (Wildman–Crippen LogP) is 13.0. The molecule has 0 aliphatic heterocycles. The number of hydrogen-bond donors (Lipinski definition) is 0. The molecule has 0 radical (unpaired) electrons. The second kappa shape index (κ2) is 12.3. The lowest BCUT2D eigenvalue weighted by Gasteiger charge is -2.10. The van der Waals surface area contributed by atoms with Crippen molar-refractivity contribution in [3.63, 3.8) is 0 Å². The Hall–Kier alpha value is -7.83. The molecule has 0 spiro atoms. The molecule has 6 heteroatoms. The zero-order valence-corrected chi connectivity index (χ0v) is 30.2. The van der Waals surface area contributed by atoms with Crippen LogP contribution in [0.5, 0.6) is 0 Å². The van der Waals surface area contributed by atoms with Gasteiger partial charge < -0.3 is 13.6 Å². The van der Waals surface area contributed by atoms with E-state index < -0.39 is 18.1 Å². The van der Waals surface area contributed by atoms with Crippen molar-refractivity contribution in [1.82, 2.24) is 24.1 Å². The van der Waals surface area contributed by atoms with Crippen LogP contribution in [-0.4, -0.2) is 24.1 Å². The lowest BCUT2D eigenvalue weighted by Crippen LogP contribution is -2.00. The highest BCUT2D eigenvalue weighted by Gasteiger charge is 2.22. The number of benzene rings is 8. The van der Waals surface area contributed by atoms with Gasteiger partial charge in [-0.15, -0.1) is 0 Å². The first-order chi connectivity index (χ1) is 30.3. The Labute approximate surface area is 333 Å². The molecule has 57 heavy (non-hydrogen) atoms. The molecule has 4 aromatic heterocycles. The van der Waals surface area contributed by atoms with Gasteiger partial charge in [-0.25, -0.2) is 15.0 Å². The Kier molecular flexibility index (Phi) is 5.82. The lowest BCUT2D eigenvalue weighted by molar-refractivity contribution is 0.669. The lowest BCUT2D eigenvalue weighted by atomic mass is 10.1. The van der Waals surface area contributed by atoms with Crippen LogP contribution in [0.25, 0.3) is 111 Å². The minimum Gasteiger partial charge on any atom is -0.456 e. The van der Waals surface area contributed by atoms with Crippen LogP contribution in [0.1, 0.15) is 6.85 Å². The van der Waals surface area contributed by atoms with E-state index in [1.807, 2.05) is 60.7 Å². The molecule has 0 bridgehead atoms. The molecular weight excluding hydrogens is 699 g/mol. The van der Waals surface area contributed by atoms with Gasteiger partial charge in [0.15, 0.2) is 17.5 Å². The predicted molar refractivity (Wildman–Crippen MR) is 232 cm³/mol. The van der Waals surface area contributed by atoms with Crippen molar-refractivity contribution in [1.29, 1.82) is 0 Å². The Bertz CT molecular complexity index is 3790. The van der Waals surface area contributed by atoms with Crippen molar-refractivity contribution in [2.75, 3.05) is 0 Å². The second-order valence-electron chi connectivity index (χ2n) is 14.1. The van der Waals surface area contributed by atoms with Gasteiger partial charge in [-0.05, 0) is 60.7 Å². The van der Waals surface area contributed by atoms with Crippen LogP contribution in [0, 0.1) is 0 Å². The van der Waals surface area contributed by atoms with E-state index in [4.69, 9.17) is 21.2 Å². The molecule has 0 aliphatic carbocycles. The number of rotatable bonds is 5. The molecule has 12 rings (SSSR count). The average Bonchev–Trinajstić information content (AvgIpc) is 3.98. The van der Waals surface area contributed by atoms with E-state index in [0.29, 0.717) is 28.1 Å². The maximum Gasteiger partial charge on any atom is 0.164 e. The highest BCUT2D eigenvalue weighted by atomic mass is 16.3. The van der Waals surface area contributed by atoms with Crippen LogP contribution in [0.2, 0.25) is 0 Å². The smallest absolute Gasteiger partial charge is 0.164 e. The van der Waals surface area contributed by atoms with Gasteiger partial charge in [0.1, 0.15) is 11.2 Å². The Balaban J connectivity index is 1.06. The Morgan fingerprint density at radius 1 is 0.404 bits per heavy atom. The van der Waals surface area contributed by atoms with E-state index >= 15 is 0 Å². The highest BCUT2D eigenvalue weighted by Crippen LogP contribution is 2.43. The first-order valence-electron chi connectivity index (χ1n) is 21.2. The minimum absolute atomic E-state index is 0.0210. The van der Waals surface area contributed by atoms with Crippen LogP contribution >= 0.6 is 0 Å². The normalized spacial score (nSPS) is 13.1. The summed E-state index contributed by atoms with van der Waals surface area (Å²) in [6.07, 6.45) is 0. The van der Waals surface area contributed by atoms with E-state index in [1.165, 1.54) is 16.2 Å². The first kappa shape index (κ1) is 26.9. The third-order valence-corrected chi connectivity index (χ3v) is 10.8. The van der Waals surface area contributed by atoms with Crippen LogP contribution < -0.4 is 0 Å². The van der Waals surface area contributed by atoms with Crippen molar-refractivity contribution in [3.05, 3.63) is 188 Å². The summed E-state index contributed by atoms with van der Waals surface area (Å²) in [5, 5.41) is 6.52. The molecule has 0 fully saturated rings. The summed E-state index contributed by atoms with van der Waals surface area (Å²) in [5.74, 6) is 0.555. The molecule has 12 aromatic rings. The third-order valence-electron chi connectivity index (χ3n) is 10.8. The van der Waals surface area contributed by atoms with Crippen LogP contribution in [0.4, 0.5) is 0 Å². The second-order valence-corrected chi connectivity index (χ2v) is 14.1. The van der Waals surface area contributed by atoms with Gasteiger partial charge >= 0.3 is 0 Å². The fraction of sp³-hybridized carbons (Fsp3) is 0. The molecular formula is C51H31N5O. The fourth-order valence-electron chi connectivity index (χ4n) is 8.37. The molecule has 8 aromatic carbocycles. The van der Waals surface area contributed by atoms with E-state index in [2.05, 4.69) is 111 Å². The Morgan fingerprint density at radius 2 is 1.05 bits per heavy atom. The summed E-state index contributed by atoms with van der Waals surface area (Å²) < 4.78 is 53.4. The summed E-state index contributed by atoms with van der Waals surface area (Å²) >= 11 is 0. The average molecular weight is 735 g/mol. The van der Waals surface area contributed by atoms with Gasteiger partial charge in [-0.3, -0.25) is 0 Å². The number of aromatic nitrogens is 5. The van der Waals surface area contributed by atoms with E-state index in [-0.39, 0.29) is 29.3 Å². The van der Waals surface area contributed by atoms with Gasteiger partial charge in [0, 0.05) is 60.4 Å². The number of nitrogens with zero attached hydrogens (tertiary/aromatic N) is 5. The van der Waals surface area contributed by atoms with Gasteiger partial charge in [0.05, 0.1) is 28.9 Å². The molecule has 4 heterocycles. The number of hydrogen-bond acceptors (Lipinski definition) is 4. The molecule has 0 saturated carbocycles. The number of para-hydroxylation sites is 3. The van der Waals surface area contributed by atoms with Crippen molar-refractivity contribution < 1.29 is 11.3 Å². The van der Waals surface area contributed by atoms with E-state index in [1.54, 1.807) is 0 Å². The molecule has 0 aliphatic rings. The SMILES string of the molecule is [2H]c1c([2H])c([2H])c(-c2nc(-c3ccccc3)nc(-c3ccc4c(c3)oc3ccc(-n5c6ccccc6c6ccc7c(c8ccccc8n7-c7ccccc7)c65)cc34)n2)c([2H])c1[2H]. The van der Waals surface area contributed by atoms with Crippen molar-refractivity contribution in [2.24, 2.45) is 0 Å². The summed E-state index contributed by atoms with van der Waals surface area (Å²) in [4.78, 5) is 14.2. The molecule has 0 amide bonds.